The lowest BCUT2D eigenvalue weighted by atomic mass is 9.45. The highest BCUT2D eigenvalue weighted by Crippen LogP contribution is 2.68. The Morgan fingerprint density at radius 1 is 1.14 bits per heavy atom. The van der Waals surface area contributed by atoms with Crippen LogP contribution in [0.3, 0.4) is 0 Å². The summed E-state index contributed by atoms with van der Waals surface area (Å²) < 4.78 is 27.7. The fourth-order valence-corrected chi connectivity index (χ4v) is 8.11. The molecule has 0 amide bonds. The molecule has 0 aliphatic heterocycles. The van der Waals surface area contributed by atoms with Crippen LogP contribution in [0.15, 0.2) is 23.8 Å². The lowest BCUT2D eigenvalue weighted by molar-refractivity contribution is -0.780. The van der Waals surface area contributed by atoms with E-state index in [0.29, 0.717) is 25.7 Å². The highest BCUT2D eigenvalue weighted by molar-refractivity contribution is 7.86. The average Bonchev–Trinajstić information content (AvgIpc) is 3.08. The summed E-state index contributed by atoms with van der Waals surface area (Å²) in [4.78, 5) is 58.0. The van der Waals surface area contributed by atoms with Gasteiger partial charge in [-0.15, -0.1) is 20.2 Å². The van der Waals surface area contributed by atoms with E-state index in [0.717, 1.165) is 11.8 Å². The van der Waals surface area contributed by atoms with Gasteiger partial charge in [0.25, 0.3) is 20.3 Å². The summed E-state index contributed by atoms with van der Waals surface area (Å²) in [5.74, 6) is -1.79. The first-order valence-corrected chi connectivity index (χ1v) is 13.9. The number of ketones is 2. The van der Waals surface area contributed by atoms with Gasteiger partial charge in [-0.1, -0.05) is 25.5 Å². The minimum Gasteiger partial charge on any atom is -0.313 e. The topological polar surface area (TPSA) is 182 Å². The first-order valence-electron chi connectivity index (χ1n) is 12.1. The molecule has 4 aliphatic rings. The van der Waals surface area contributed by atoms with Crippen molar-refractivity contribution < 1.29 is 42.0 Å². The second-order valence-electron chi connectivity index (χ2n) is 11.0. The SMILES string of the molecule is C[C@]12C=CC(=O)C=C1[C@@H](CO[N+](=O)[O-])C[C@@H]1[C@@H]2CC[C@@]2(C)[C@H]1CC[C@]2(O[N+](=O)[O-])C(=O)COS(C)(=O)=O. The summed E-state index contributed by atoms with van der Waals surface area (Å²) in [5.41, 5.74) is -2.71. The first-order chi connectivity index (χ1) is 17.1. The molecule has 0 aromatic carbocycles. The van der Waals surface area contributed by atoms with Gasteiger partial charge >= 0.3 is 0 Å². The molecule has 0 N–H and O–H groups in total. The van der Waals surface area contributed by atoms with Gasteiger partial charge in [0.05, 0.1) is 6.26 Å². The number of rotatable bonds is 9. The molecule has 0 heterocycles. The molecular weight excluding hydrogens is 512 g/mol. The largest absolute Gasteiger partial charge is 0.313 e. The van der Waals surface area contributed by atoms with Crippen LogP contribution in [-0.4, -0.2) is 55.2 Å². The van der Waals surface area contributed by atoms with Crippen molar-refractivity contribution in [2.75, 3.05) is 19.5 Å². The van der Waals surface area contributed by atoms with Gasteiger partial charge in [-0.3, -0.25) is 18.6 Å². The van der Waals surface area contributed by atoms with Crippen molar-refractivity contribution >= 4 is 21.7 Å². The quantitative estimate of drug-likeness (QED) is 0.236. The monoisotopic (exact) mass is 542 g/mol. The molecule has 0 aromatic rings. The Balaban J connectivity index is 1.72. The van der Waals surface area contributed by atoms with Crippen molar-refractivity contribution in [1.82, 2.24) is 0 Å². The summed E-state index contributed by atoms with van der Waals surface area (Å²) in [7, 11) is -3.98. The third kappa shape index (κ3) is 4.54. The number of carbonyl (C=O) groups is 2. The molecule has 0 unspecified atom stereocenters. The molecule has 4 aliphatic carbocycles. The minimum absolute atomic E-state index is 0.00806. The van der Waals surface area contributed by atoms with E-state index in [-0.39, 0.29) is 36.6 Å². The van der Waals surface area contributed by atoms with Crippen molar-refractivity contribution in [1.29, 1.82) is 0 Å². The summed E-state index contributed by atoms with van der Waals surface area (Å²) in [5, 5.41) is 20.7. The standard InChI is InChI=1S/C23H30N2O11S/c1-21-7-4-15(26)11-19(21)14(12-34-24(28)29)10-16-17(21)5-8-22(2)18(16)6-9-23(22,36-25(30)31)20(27)13-35-37(3,32)33/h4,7,11,14,16-18H,5-6,8-10,12-13H2,1-3H3/t14-,16-,17+,18+,21-,22+,23+/m1/s1. The highest BCUT2D eigenvalue weighted by atomic mass is 32.2. The molecule has 37 heavy (non-hydrogen) atoms. The third-order valence-corrected chi connectivity index (χ3v) is 9.85. The lowest BCUT2D eigenvalue weighted by Gasteiger charge is -2.59. The van der Waals surface area contributed by atoms with E-state index < -0.39 is 55.0 Å². The van der Waals surface area contributed by atoms with Gasteiger partial charge in [0.1, 0.15) is 13.2 Å². The number of hydrogen-bond acceptors (Lipinski definition) is 11. The van der Waals surface area contributed by atoms with Crippen molar-refractivity contribution in [3.63, 3.8) is 0 Å². The molecule has 3 saturated carbocycles. The smallest absolute Gasteiger partial charge is 0.295 e. The third-order valence-electron chi connectivity index (χ3n) is 9.30. The molecule has 0 saturated heterocycles. The lowest BCUT2D eigenvalue weighted by Crippen LogP contribution is -2.60. The molecule has 0 bridgehead atoms. The predicted octanol–water partition coefficient (Wildman–Crippen LogP) is 2.22. The molecule has 14 heteroatoms. The van der Waals surface area contributed by atoms with E-state index in [4.69, 9.17) is 13.9 Å². The maximum Gasteiger partial charge on any atom is 0.295 e. The maximum absolute atomic E-state index is 13.4. The van der Waals surface area contributed by atoms with Gasteiger partial charge < -0.3 is 4.84 Å². The van der Waals surface area contributed by atoms with Crippen LogP contribution in [0.4, 0.5) is 0 Å². The van der Waals surface area contributed by atoms with E-state index in [1.807, 2.05) is 13.0 Å². The molecule has 0 spiro atoms. The Hall–Kier alpha value is -2.87. The number of allylic oxidation sites excluding steroid dienone is 3. The molecule has 7 atom stereocenters. The van der Waals surface area contributed by atoms with Crippen LogP contribution in [0.2, 0.25) is 0 Å². The van der Waals surface area contributed by atoms with E-state index in [1.165, 1.54) is 12.2 Å². The predicted molar refractivity (Wildman–Crippen MR) is 125 cm³/mol. The number of fused-ring (bicyclic) bond motifs is 5. The number of hydrogen-bond donors (Lipinski definition) is 0. The number of carbonyl (C=O) groups excluding carboxylic acids is 2. The van der Waals surface area contributed by atoms with Crippen LogP contribution in [0, 0.1) is 54.7 Å². The normalized spacial score (nSPS) is 38.6. The summed E-state index contributed by atoms with van der Waals surface area (Å²) in [6, 6.07) is 0. The molecule has 3 fully saturated rings. The van der Waals surface area contributed by atoms with E-state index in [2.05, 4.69) is 0 Å². The fraction of sp³-hybridized carbons (Fsp3) is 0.739. The summed E-state index contributed by atoms with van der Waals surface area (Å²) in [6.45, 7) is 2.64. The highest BCUT2D eigenvalue weighted by Gasteiger charge is 2.69. The van der Waals surface area contributed by atoms with Crippen LogP contribution in [0.1, 0.15) is 46.0 Å². The Labute approximate surface area is 213 Å². The van der Waals surface area contributed by atoms with Crippen LogP contribution in [0.5, 0.6) is 0 Å². The second-order valence-corrected chi connectivity index (χ2v) is 12.6. The Morgan fingerprint density at radius 3 is 2.43 bits per heavy atom. The minimum atomic E-state index is -3.98. The van der Waals surface area contributed by atoms with Gasteiger partial charge in [-0.2, -0.15) is 8.42 Å². The zero-order valence-electron chi connectivity index (χ0n) is 20.8. The van der Waals surface area contributed by atoms with Gasteiger partial charge in [0.15, 0.2) is 17.2 Å². The van der Waals surface area contributed by atoms with Gasteiger partial charge in [-0.05, 0) is 62.0 Å². The number of nitrogens with zero attached hydrogens (tertiary/aromatic N) is 2. The van der Waals surface area contributed by atoms with Crippen molar-refractivity contribution in [3.8, 4) is 0 Å². The maximum atomic E-state index is 13.4. The van der Waals surface area contributed by atoms with Crippen LogP contribution in [-0.2, 0) is 33.6 Å². The Kier molecular flexibility index (Phi) is 6.72. The van der Waals surface area contributed by atoms with Crippen LogP contribution in [0.25, 0.3) is 0 Å². The van der Waals surface area contributed by atoms with Crippen LogP contribution >= 0.6 is 0 Å². The van der Waals surface area contributed by atoms with Crippen molar-refractivity contribution in [2.24, 2.45) is 34.5 Å². The molecule has 13 nitrogen and oxygen atoms in total. The molecule has 204 valence electrons. The zero-order chi connectivity index (χ0) is 27.4. The molecule has 4 rings (SSSR count). The Morgan fingerprint density at radius 2 is 1.81 bits per heavy atom. The van der Waals surface area contributed by atoms with Gasteiger partial charge in [0.2, 0.25) is 0 Å². The number of Topliss-reactive ketones (excluding diaryl/α,β-unsaturated/α-hetero) is 1. The van der Waals surface area contributed by atoms with Gasteiger partial charge in [0, 0.05) is 16.7 Å². The van der Waals surface area contributed by atoms with Crippen molar-refractivity contribution in [3.05, 3.63) is 44.0 Å². The van der Waals surface area contributed by atoms with Crippen LogP contribution < -0.4 is 0 Å². The van der Waals surface area contributed by atoms with E-state index in [1.54, 1.807) is 6.92 Å². The fourth-order valence-electron chi connectivity index (χ4n) is 7.79. The summed E-state index contributed by atoms with van der Waals surface area (Å²) >= 11 is 0. The summed E-state index contributed by atoms with van der Waals surface area (Å²) in [6.07, 6.45) is 7.42. The van der Waals surface area contributed by atoms with Gasteiger partial charge in [-0.25, -0.2) is 0 Å². The zero-order valence-corrected chi connectivity index (χ0v) is 21.6. The molecule has 0 aromatic heterocycles. The molecular formula is C23H30N2O11S. The second kappa shape index (κ2) is 9.15. The van der Waals surface area contributed by atoms with E-state index in [9.17, 15) is 38.2 Å². The first kappa shape index (κ1) is 27.2. The van der Waals surface area contributed by atoms with E-state index >= 15 is 0 Å². The molecule has 0 radical (unpaired) electrons. The Bertz CT molecular complexity index is 1200. The van der Waals surface area contributed by atoms with Crippen molar-refractivity contribution in [2.45, 2.75) is 51.6 Å². The average molecular weight is 543 g/mol.